The van der Waals surface area contributed by atoms with Crippen molar-refractivity contribution in [2.45, 2.75) is 6.92 Å². The van der Waals surface area contributed by atoms with Gasteiger partial charge in [0.05, 0.1) is 12.8 Å². The van der Waals surface area contributed by atoms with Gasteiger partial charge in [0, 0.05) is 5.56 Å². The summed E-state index contributed by atoms with van der Waals surface area (Å²) in [6, 6.07) is 7.10. The molecule has 0 aliphatic heterocycles. The lowest BCUT2D eigenvalue weighted by atomic mass is 10.1. The number of hydrogen-bond acceptors (Lipinski definition) is 3. The van der Waals surface area contributed by atoms with Gasteiger partial charge < -0.3 is 9.84 Å². The summed E-state index contributed by atoms with van der Waals surface area (Å²) in [5, 5.41) is 15.2. The number of aromatic amines is 1. The number of nitrogens with zero attached hydrogens (tertiary/aromatic N) is 1. The number of hydrogen-bond donors (Lipinski definition) is 2. The Labute approximate surface area is 98.0 Å². The van der Waals surface area contributed by atoms with Gasteiger partial charge >= 0.3 is 5.97 Å². The van der Waals surface area contributed by atoms with E-state index in [0.29, 0.717) is 5.69 Å². The average molecular weight is 232 g/mol. The minimum atomic E-state index is -1.03. The van der Waals surface area contributed by atoms with Crippen LogP contribution < -0.4 is 4.74 Å². The van der Waals surface area contributed by atoms with Crippen LogP contribution in [0.15, 0.2) is 24.3 Å². The number of H-pyrrole nitrogens is 1. The van der Waals surface area contributed by atoms with Gasteiger partial charge in [0.2, 0.25) is 0 Å². The molecule has 0 saturated carbocycles. The molecule has 0 aliphatic carbocycles. The predicted molar refractivity (Wildman–Crippen MR) is 62.3 cm³/mol. The highest BCUT2D eigenvalue weighted by atomic mass is 16.5. The highest BCUT2D eigenvalue weighted by molar-refractivity contribution is 5.86. The van der Waals surface area contributed by atoms with Gasteiger partial charge in [-0.05, 0) is 24.6 Å². The molecule has 1 aromatic carbocycles. The van der Waals surface area contributed by atoms with E-state index in [1.165, 1.54) is 6.07 Å². The van der Waals surface area contributed by atoms with Gasteiger partial charge in [-0.15, -0.1) is 0 Å². The molecule has 1 aromatic heterocycles. The zero-order valence-electron chi connectivity index (χ0n) is 9.52. The van der Waals surface area contributed by atoms with E-state index in [1.54, 1.807) is 7.11 Å². The van der Waals surface area contributed by atoms with Crippen molar-refractivity contribution >= 4 is 5.97 Å². The summed E-state index contributed by atoms with van der Waals surface area (Å²) in [5.41, 5.74) is 2.49. The minimum Gasteiger partial charge on any atom is -0.496 e. The smallest absolute Gasteiger partial charge is 0.353 e. The molecule has 0 unspecified atom stereocenters. The van der Waals surface area contributed by atoms with Crippen LogP contribution in [-0.2, 0) is 0 Å². The van der Waals surface area contributed by atoms with E-state index in [1.807, 2.05) is 25.1 Å². The Morgan fingerprint density at radius 2 is 2.18 bits per heavy atom. The largest absolute Gasteiger partial charge is 0.496 e. The third kappa shape index (κ3) is 2.13. The van der Waals surface area contributed by atoms with Crippen LogP contribution in [0, 0.1) is 6.92 Å². The van der Waals surface area contributed by atoms with Crippen LogP contribution in [0.2, 0.25) is 0 Å². The Balaban J connectivity index is 2.42. The number of methoxy groups -OCH3 is 1. The van der Waals surface area contributed by atoms with E-state index >= 15 is 0 Å². The predicted octanol–water partition coefficient (Wildman–Crippen LogP) is 2.09. The normalized spacial score (nSPS) is 10.2. The van der Waals surface area contributed by atoms with E-state index in [-0.39, 0.29) is 5.69 Å². The van der Waals surface area contributed by atoms with Crippen molar-refractivity contribution in [1.82, 2.24) is 10.2 Å². The van der Waals surface area contributed by atoms with Crippen molar-refractivity contribution in [3.05, 3.63) is 35.5 Å². The molecule has 88 valence electrons. The van der Waals surface area contributed by atoms with Crippen LogP contribution in [0.5, 0.6) is 5.75 Å². The van der Waals surface area contributed by atoms with E-state index in [9.17, 15) is 4.79 Å². The maximum atomic E-state index is 10.7. The number of aryl methyl sites for hydroxylation is 1. The summed E-state index contributed by atoms with van der Waals surface area (Å²) in [5.74, 6) is -0.273. The Hall–Kier alpha value is -2.30. The molecule has 0 amide bonds. The molecular formula is C12H12N2O3. The number of aromatic nitrogens is 2. The molecule has 2 rings (SSSR count). The maximum Gasteiger partial charge on any atom is 0.353 e. The number of aromatic carboxylic acids is 1. The first kappa shape index (κ1) is 11.2. The minimum absolute atomic E-state index is 0.0690. The van der Waals surface area contributed by atoms with Crippen LogP contribution >= 0.6 is 0 Å². The van der Waals surface area contributed by atoms with E-state index in [0.717, 1.165) is 16.9 Å². The molecule has 0 saturated heterocycles. The summed E-state index contributed by atoms with van der Waals surface area (Å²) in [4.78, 5) is 10.7. The number of carbonyl (C=O) groups is 1. The Morgan fingerprint density at radius 1 is 1.41 bits per heavy atom. The third-order valence-corrected chi connectivity index (χ3v) is 2.51. The molecule has 1 heterocycles. The summed E-state index contributed by atoms with van der Waals surface area (Å²) in [6.07, 6.45) is 0. The average Bonchev–Trinajstić information content (AvgIpc) is 2.79. The van der Waals surface area contributed by atoms with Crippen LogP contribution in [0.4, 0.5) is 0 Å². The molecule has 5 nitrogen and oxygen atoms in total. The molecule has 0 radical (unpaired) electrons. The van der Waals surface area contributed by atoms with Crippen molar-refractivity contribution in [2.24, 2.45) is 0 Å². The van der Waals surface area contributed by atoms with Crippen molar-refractivity contribution in [3.8, 4) is 17.0 Å². The molecule has 0 fully saturated rings. The van der Waals surface area contributed by atoms with Crippen LogP contribution in [0.3, 0.4) is 0 Å². The Kier molecular flexibility index (Phi) is 2.82. The number of benzene rings is 1. The van der Waals surface area contributed by atoms with Crippen LogP contribution in [-0.4, -0.2) is 28.4 Å². The van der Waals surface area contributed by atoms with Crippen molar-refractivity contribution in [1.29, 1.82) is 0 Å². The molecular weight excluding hydrogens is 220 g/mol. The fraction of sp³-hybridized carbons (Fsp3) is 0.167. The number of rotatable bonds is 3. The second kappa shape index (κ2) is 4.29. The first-order valence-corrected chi connectivity index (χ1v) is 5.05. The van der Waals surface area contributed by atoms with E-state index in [2.05, 4.69) is 10.2 Å². The van der Waals surface area contributed by atoms with Gasteiger partial charge in [-0.2, -0.15) is 5.10 Å². The number of ether oxygens (including phenoxy) is 1. The van der Waals surface area contributed by atoms with Gasteiger partial charge in [0.15, 0.2) is 0 Å². The molecule has 2 N–H and O–H groups in total. The SMILES string of the molecule is COc1cc(-c2cc(C(=O)O)[nH]n2)ccc1C. The number of nitrogens with one attached hydrogen (secondary N) is 1. The highest BCUT2D eigenvalue weighted by Crippen LogP contribution is 2.25. The van der Waals surface area contributed by atoms with Crippen LogP contribution in [0.25, 0.3) is 11.3 Å². The molecule has 2 aromatic rings. The zero-order valence-corrected chi connectivity index (χ0v) is 9.52. The summed E-state index contributed by atoms with van der Waals surface area (Å²) in [7, 11) is 1.60. The topological polar surface area (TPSA) is 75.2 Å². The molecule has 0 atom stereocenters. The monoisotopic (exact) mass is 232 g/mol. The quantitative estimate of drug-likeness (QED) is 0.849. The van der Waals surface area contributed by atoms with E-state index in [4.69, 9.17) is 9.84 Å². The zero-order chi connectivity index (χ0) is 12.4. The number of carboxylic acids is 1. The Bertz CT molecular complexity index is 561. The lowest BCUT2D eigenvalue weighted by molar-refractivity contribution is 0.0690. The Morgan fingerprint density at radius 3 is 2.76 bits per heavy atom. The van der Waals surface area contributed by atoms with Gasteiger partial charge in [0.25, 0.3) is 0 Å². The summed E-state index contributed by atoms with van der Waals surface area (Å²) >= 11 is 0. The first-order valence-electron chi connectivity index (χ1n) is 5.05. The number of carboxylic acid groups (broad SMARTS) is 1. The molecule has 17 heavy (non-hydrogen) atoms. The van der Waals surface area contributed by atoms with Gasteiger partial charge in [-0.25, -0.2) is 4.79 Å². The van der Waals surface area contributed by atoms with Gasteiger partial charge in [0.1, 0.15) is 11.4 Å². The van der Waals surface area contributed by atoms with Crippen LogP contribution in [0.1, 0.15) is 16.1 Å². The lowest BCUT2D eigenvalue weighted by Gasteiger charge is -2.05. The summed E-state index contributed by atoms with van der Waals surface area (Å²) in [6.45, 7) is 1.94. The molecule has 0 aliphatic rings. The van der Waals surface area contributed by atoms with Crippen molar-refractivity contribution in [2.75, 3.05) is 7.11 Å². The van der Waals surface area contributed by atoms with Crippen molar-refractivity contribution < 1.29 is 14.6 Å². The standard InChI is InChI=1S/C12H12N2O3/c1-7-3-4-8(5-11(7)17-2)9-6-10(12(15)16)14-13-9/h3-6H,1-2H3,(H,13,14)(H,15,16). The second-order valence-electron chi connectivity index (χ2n) is 3.66. The lowest BCUT2D eigenvalue weighted by Crippen LogP contribution is -1.95. The molecule has 0 bridgehead atoms. The fourth-order valence-corrected chi connectivity index (χ4v) is 1.56. The summed E-state index contributed by atoms with van der Waals surface area (Å²) < 4.78 is 5.21. The maximum absolute atomic E-state index is 10.7. The third-order valence-electron chi connectivity index (χ3n) is 2.51. The van der Waals surface area contributed by atoms with Crippen molar-refractivity contribution in [3.63, 3.8) is 0 Å². The molecule has 5 heteroatoms. The highest BCUT2D eigenvalue weighted by Gasteiger charge is 2.10. The molecule has 0 spiro atoms. The van der Waals surface area contributed by atoms with Gasteiger partial charge in [-0.3, -0.25) is 5.10 Å². The van der Waals surface area contributed by atoms with E-state index < -0.39 is 5.97 Å². The van der Waals surface area contributed by atoms with Gasteiger partial charge in [-0.1, -0.05) is 12.1 Å². The first-order chi connectivity index (χ1) is 8.11. The second-order valence-corrected chi connectivity index (χ2v) is 3.66. The fourth-order valence-electron chi connectivity index (χ4n) is 1.56.